The summed E-state index contributed by atoms with van der Waals surface area (Å²) in [5.41, 5.74) is 0.655. The number of carbonyl (C=O) groups is 4. The van der Waals surface area contributed by atoms with E-state index in [9.17, 15) is 19.2 Å². The van der Waals surface area contributed by atoms with Crippen molar-refractivity contribution in [2.75, 3.05) is 13.1 Å². The van der Waals surface area contributed by atoms with E-state index >= 15 is 0 Å². The van der Waals surface area contributed by atoms with E-state index in [1.54, 1.807) is 23.9 Å². The molecule has 1 aromatic rings. The Morgan fingerprint density at radius 1 is 1.04 bits per heavy atom. The third-order valence-electron chi connectivity index (χ3n) is 4.46. The summed E-state index contributed by atoms with van der Waals surface area (Å²) < 4.78 is 0. The lowest BCUT2D eigenvalue weighted by Gasteiger charge is -2.27. The van der Waals surface area contributed by atoms with Crippen LogP contribution in [-0.4, -0.2) is 52.9 Å². The highest BCUT2D eigenvalue weighted by Gasteiger charge is 2.44. The average molecular weight is 345 g/mol. The van der Waals surface area contributed by atoms with Crippen molar-refractivity contribution < 1.29 is 19.2 Å². The van der Waals surface area contributed by atoms with Crippen LogP contribution in [0.1, 0.15) is 33.6 Å². The maximum Gasteiger partial charge on any atom is 0.262 e. The van der Waals surface area contributed by atoms with Crippen molar-refractivity contribution in [3.63, 3.8) is 0 Å². The van der Waals surface area contributed by atoms with Crippen LogP contribution in [0.4, 0.5) is 0 Å². The van der Waals surface area contributed by atoms with E-state index < -0.39 is 23.8 Å². The molecule has 2 N–H and O–H groups in total. The number of nitrogens with zero attached hydrogens (tertiary/aromatic N) is 1. The highest BCUT2D eigenvalue weighted by atomic mass is 32.2. The summed E-state index contributed by atoms with van der Waals surface area (Å²) in [6.07, 6.45) is 0.297. The first-order valence-electron chi connectivity index (χ1n) is 7.77. The molecule has 4 rings (SSSR count). The van der Waals surface area contributed by atoms with Crippen LogP contribution in [0.25, 0.3) is 0 Å². The minimum absolute atomic E-state index is 0.125. The van der Waals surface area contributed by atoms with Gasteiger partial charge in [0.05, 0.1) is 11.1 Å². The Morgan fingerprint density at radius 3 is 2.46 bits per heavy atom. The predicted molar refractivity (Wildman–Crippen MR) is 85.6 cm³/mol. The topological polar surface area (TPSA) is 95.6 Å². The summed E-state index contributed by atoms with van der Waals surface area (Å²) in [6.45, 7) is 1.86. The predicted octanol–water partition coefficient (Wildman–Crippen LogP) is 0.152. The van der Waals surface area contributed by atoms with Gasteiger partial charge >= 0.3 is 0 Å². The Balaban J connectivity index is 1.60. The first-order valence-corrected chi connectivity index (χ1v) is 8.65. The SMILES string of the molecule is O=C1CCC(N2C(=O)c3ccc(SC4CNC4)cc3C2=O)C(=O)N1. The largest absolute Gasteiger partial charge is 0.314 e. The maximum atomic E-state index is 12.7. The molecule has 7 nitrogen and oxygen atoms in total. The van der Waals surface area contributed by atoms with Crippen molar-refractivity contribution in [3.8, 4) is 0 Å². The van der Waals surface area contributed by atoms with Gasteiger partial charge in [-0.15, -0.1) is 11.8 Å². The lowest BCUT2D eigenvalue weighted by molar-refractivity contribution is -0.136. The quantitative estimate of drug-likeness (QED) is 0.758. The number of piperidine rings is 1. The van der Waals surface area contributed by atoms with Crippen LogP contribution >= 0.6 is 11.8 Å². The van der Waals surface area contributed by atoms with E-state index in [0.29, 0.717) is 16.4 Å². The van der Waals surface area contributed by atoms with Crippen molar-refractivity contribution >= 4 is 35.4 Å². The summed E-state index contributed by atoms with van der Waals surface area (Å²) in [7, 11) is 0. The van der Waals surface area contributed by atoms with E-state index in [1.165, 1.54) is 0 Å². The number of amides is 4. The maximum absolute atomic E-state index is 12.7. The van der Waals surface area contributed by atoms with E-state index in [-0.39, 0.29) is 18.7 Å². The van der Waals surface area contributed by atoms with Gasteiger partial charge in [0.2, 0.25) is 11.8 Å². The molecule has 0 radical (unpaired) electrons. The standard InChI is InChI=1S/C16H15N3O4S/c20-13-4-3-12(14(21)18-13)19-15(22)10-2-1-8(5-11(10)16(19)23)24-9-6-17-7-9/h1-2,5,9,12,17H,3-4,6-7H2,(H,18,20,21). The minimum atomic E-state index is -0.915. The number of hydrogen-bond donors (Lipinski definition) is 2. The summed E-state index contributed by atoms with van der Waals surface area (Å²) in [5.74, 6) is -1.89. The first kappa shape index (κ1) is 15.3. The number of rotatable bonds is 3. The van der Waals surface area contributed by atoms with Gasteiger partial charge in [-0.1, -0.05) is 0 Å². The Labute approximate surface area is 142 Å². The van der Waals surface area contributed by atoms with Gasteiger partial charge in [0.25, 0.3) is 11.8 Å². The minimum Gasteiger partial charge on any atom is -0.314 e. The van der Waals surface area contributed by atoms with Crippen LogP contribution in [0.3, 0.4) is 0 Å². The van der Waals surface area contributed by atoms with E-state index in [1.807, 2.05) is 6.07 Å². The number of nitrogens with one attached hydrogen (secondary N) is 2. The van der Waals surface area contributed by atoms with Crippen molar-refractivity contribution in [2.24, 2.45) is 0 Å². The van der Waals surface area contributed by atoms with Crippen LogP contribution < -0.4 is 10.6 Å². The zero-order valence-corrected chi connectivity index (χ0v) is 13.5. The molecule has 1 atom stereocenters. The van der Waals surface area contributed by atoms with Crippen molar-refractivity contribution in [2.45, 2.75) is 29.0 Å². The Kier molecular flexibility index (Phi) is 3.65. The van der Waals surface area contributed by atoms with Crippen LogP contribution in [0.5, 0.6) is 0 Å². The van der Waals surface area contributed by atoms with Gasteiger partial charge in [-0.2, -0.15) is 0 Å². The Hall–Kier alpha value is -2.19. The molecule has 0 aromatic heterocycles. The Morgan fingerprint density at radius 2 is 1.79 bits per heavy atom. The highest BCUT2D eigenvalue weighted by molar-refractivity contribution is 8.00. The number of benzene rings is 1. The normalized spacial score (nSPS) is 24.0. The number of imide groups is 2. The van der Waals surface area contributed by atoms with Crippen molar-refractivity contribution in [1.82, 2.24) is 15.5 Å². The van der Waals surface area contributed by atoms with Crippen LogP contribution in [-0.2, 0) is 9.59 Å². The van der Waals surface area contributed by atoms with Gasteiger partial charge in [-0.25, -0.2) is 0 Å². The smallest absolute Gasteiger partial charge is 0.262 e. The molecule has 0 saturated carbocycles. The highest BCUT2D eigenvalue weighted by Crippen LogP contribution is 2.32. The van der Waals surface area contributed by atoms with Crippen molar-refractivity contribution in [3.05, 3.63) is 29.3 Å². The third kappa shape index (κ3) is 2.42. The van der Waals surface area contributed by atoms with Gasteiger partial charge in [-0.05, 0) is 24.6 Å². The second-order valence-corrected chi connectivity index (χ2v) is 7.43. The molecule has 3 aliphatic heterocycles. The lowest BCUT2D eigenvalue weighted by atomic mass is 10.0. The summed E-state index contributed by atoms with van der Waals surface area (Å²) in [5, 5.41) is 5.85. The molecular formula is C16H15N3O4S. The van der Waals surface area contributed by atoms with E-state index in [0.717, 1.165) is 22.9 Å². The average Bonchev–Trinajstić information content (AvgIpc) is 2.75. The molecule has 1 aromatic carbocycles. The lowest BCUT2D eigenvalue weighted by Crippen LogP contribution is -2.54. The molecule has 0 aliphatic carbocycles. The molecule has 24 heavy (non-hydrogen) atoms. The molecule has 4 amide bonds. The Bertz CT molecular complexity index is 775. The molecule has 2 fully saturated rings. The number of fused-ring (bicyclic) bond motifs is 1. The molecule has 0 spiro atoms. The second kappa shape index (κ2) is 5.71. The molecule has 8 heteroatoms. The zero-order valence-electron chi connectivity index (χ0n) is 12.7. The number of hydrogen-bond acceptors (Lipinski definition) is 6. The van der Waals surface area contributed by atoms with Crippen LogP contribution in [0, 0.1) is 0 Å². The monoisotopic (exact) mass is 345 g/mol. The molecule has 2 saturated heterocycles. The van der Waals surface area contributed by atoms with Crippen LogP contribution in [0.15, 0.2) is 23.1 Å². The first-order chi connectivity index (χ1) is 11.5. The number of thioether (sulfide) groups is 1. The van der Waals surface area contributed by atoms with Crippen LogP contribution in [0.2, 0.25) is 0 Å². The van der Waals surface area contributed by atoms with Gasteiger partial charge in [0.1, 0.15) is 6.04 Å². The van der Waals surface area contributed by atoms with Gasteiger partial charge in [-0.3, -0.25) is 29.4 Å². The second-order valence-electron chi connectivity index (χ2n) is 6.05. The van der Waals surface area contributed by atoms with Crippen molar-refractivity contribution in [1.29, 1.82) is 0 Å². The molecule has 124 valence electrons. The molecule has 0 bridgehead atoms. The molecular weight excluding hydrogens is 330 g/mol. The van der Waals surface area contributed by atoms with E-state index in [4.69, 9.17) is 0 Å². The van der Waals surface area contributed by atoms with Gasteiger partial charge in [0, 0.05) is 29.7 Å². The fourth-order valence-corrected chi connectivity index (χ4v) is 4.18. The van der Waals surface area contributed by atoms with Gasteiger partial charge < -0.3 is 5.32 Å². The van der Waals surface area contributed by atoms with Gasteiger partial charge in [0.15, 0.2) is 0 Å². The molecule has 3 aliphatic rings. The number of carbonyl (C=O) groups excluding carboxylic acids is 4. The third-order valence-corrected chi connectivity index (χ3v) is 5.65. The fourth-order valence-electron chi connectivity index (χ4n) is 3.06. The summed E-state index contributed by atoms with van der Waals surface area (Å²) in [6, 6.07) is 4.29. The zero-order chi connectivity index (χ0) is 16.8. The summed E-state index contributed by atoms with van der Waals surface area (Å²) in [4.78, 5) is 50.4. The summed E-state index contributed by atoms with van der Waals surface area (Å²) >= 11 is 1.67. The molecule has 3 heterocycles. The fraction of sp³-hybridized carbons (Fsp3) is 0.375. The molecule has 1 unspecified atom stereocenters. The van der Waals surface area contributed by atoms with E-state index in [2.05, 4.69) is 10.6 Å².